The van der Waals surface area contributed by atoms with Crippen molar-refractivity contribution in [2.24, 2.45) is 0 Å². The Morgan fingerprint density at radius 3 is 2.27 bits per heavy atom. The van der Waals surface area contributed by atoms with Gasteiger partial charge in [0.05, 0.1) is 11.3 Å². The van der Waals surface area contributed by atoms with E-state index in [9.17, 15) is 4.79 Å². The predicted molar refractivity (Wildman–Crippen MR) is 82.5 cm³/mol. The van der Waals surface area contributed by atoms with E-state index >= 15 is 0 Å². The van der Waals surface area contributed by atoms with Gasteiger partial charge in [-0.3, -0.25) is 0 Å². The van der Waals surface area contributed by atoms with Crippen molar-refractivity contribution in [1.82, 2.24) is 0 Å². The van der Waals surface area contributed by atoms with Crippen molar-refractivity contribution in [3.8, 4) is 5.75 Å². The Kier molecular flexibility index (Phi) is 8.25. The Hall–Kier alpha value is -1.29. The summed E-state index contributed by atoms with van der Waals surface area (Å²) in [5.74, 6) is 0.0859. The Balaban J connectivity index is 0.000000219. The molecule has 2 aromatic rings. The minimum atomic E-state index is -0.879. The summed E-state index contributed by atoms with van der Waals surface area (Å²) in [5, 5.41) is 8.38. The van der Waals surface area contributed by atoms with Crippen LogP contribution in [0.25, 0.3) is 0 Å². The van der Waals surface area contributed by atoms with Crippen LogP contribution in [0.5, 0.6) is 5.75 Å². The summed E-state index contributed by atoms with van der Waals surface area (Å²) in [6.07, 6.45) is 4.95. The zero-order chi connectivity index (χ0) is 15.1. The molecule has 0 saturated carbocycles. The van der Waals surface area contributed by atoms with E-state index in [0.29, 0.717) is 5.56 Å². The molecule has 1 N–H and O–H groups in total. The normalized spacial score (nSPS) is 12.0. The Morgan fingerprint density at radius 1 is 1.00 bits per heavy atom. The Labute approximate surface area is 153 Å². The summed E-state index contributed by atoms with van der Waals surface area (Å²) in [6, 6.07) is 14.5. The summed E-state index contributed by atoms with van der Waals surface area (Å²) in [6.45, 7) is 0. The Bertz CT molecular complexity index is 582. The number of fused-ring (bicyclic) bond motifs is 1. The Morgan fingerprint density at radius 2 is 1.68 bits per heavy atom. The van der Waals surface area contributed by atoms with E-state index in [-0.39, 0.29) is 29.6 Å². The standard InChI is InChI=1S/C11H13O.C7H6O2.Na/c1-12-11-8-4-6-9-5-2-3-7-10(9)11;8-7(9)6-4-2-1-3-5-6;/h4,6,8H,1-3,5,7H2;1-5H,(H,8,9);/q-1;;+1. The van der Waals surface area contributed by atoms with E-state index in [0.717, 1.165) is 12.2 Å². The molecule has 0 unspecified atom stereocenters. The minimum Gasteiger partial charge on any atom is -0.665 e. The molecule has 0 aromatic heterocycles. The van der Waals surface area contributed by atoms with Gasteiger partial charge in [-0.15, -0.1) is 0 Å². The fourth-order valence-corrected chi connectivity index (χ4v) is 2.46. The summed E-state index contributed by atoms with van der Waals surface area (Å²) in [5.41, 5.74) is 3.15. The van der Waals surface area contributed by atoms with Crippen LogP contribution in [0.15, 0.2) is 48.5 Å². The maximum Gasteiger partial charge on any atom is 1.00 e. The molecule has 0 bridgehead atoms. The molecule has 0 amide bonds. The van der Waals surface area contributed by atoms with Gasteiger partial charge in [0.2, 0.25) is 0 Å². The van der Waals surface area contributed by atoms with Crippen LogP contribution in [-0.2, 0) is 12.8 Å². The molecule has 3 rings (SSSR count). The maximum atomic E-state index is 10.2. The van der Waals surface area contributed by atoms with Gasteiger partial charge < -0.3 is 9.84 Å². The molecule has 0 heterocycles. The number of carboxylic acids is 1. The molecule has 0 saturated heterocycles. The van der Waals surface area contributed by atoms with Gasteiger partial charge in [0.15, 0.2) is 0 Å². The summed E-state index contributed by atoms with van der Waals surface area (Å²) in [4.78, 5) is 10.2. The third kappa shape index (κ3) is 5.16. The largest absolute Gasteiger partial charge is 1.00 e. The topological polar surface area (TPSA) is 46.5 Å². The van der Waals surface area contributed by atoms with Gasteiger partial charge in [-0.05, 0) is 55.0 Å². The zero-order valence-electron chi connectivity index (χ0n) is 12.9. The van der Waals surface area contributed by atoms with Crippen LogP contribution in [0.2, 0.25) is 0 Å². The quantitative estimate of drug-likeness (QED) is 0.668. The molecule has 0 atom stereocenters. The molecular weight excluding hydrogens is 287 g/mol. The van der Waals surface area contributed by atoms with Crippen LogP contribution in [-0.4, -0.2) is 11.1 Å². The molecule has 2 aromatic carbocycles. The summed E-state index contributed by atoms with van der Waals surface area (Å²) in [7, 11) is 3.46. The van der Waals surface area contributed by atoms with Crippen molar-refractivity contribution in [1.29, 1.82) is 0 Å². The molecule has 110 valence electrons. The molecule has 0 spiro atoms. The van der Waals surface area contributed by atoms with Crippen molar-refractivity contribution >= 4 is 5.97 Å². The first kappa shape index (κ1) is 18.8. The number of ether oxygens (including phenoxy) is 1. The SMILES string of the molecule is O=C(O)c1ccccc1.[CH2-]Oc1cccc2c1CCCC2.[Na+]. The number of aryl methyl sites for hydroxylation is 1. The second-order valence-electron chi connectivity index (χ2n) is 4.92. The molecule has 3 nitrogen and oxygen atoms in total. The van der Waals surface area contributed by atoms with Crippen molar-refractivity contribution in [3.05, 3.63) is 72.3 Å². The average molecular weight is 306 g/mol. The van der Waals surface area contributed by atoms with E-state index in [4.69, 9.17) is 9.84 Å². The fourth-order valence-electron chi connectivity index (χ4n) is 2.46. The zero-order valence-corrected chi connectivity index (χ0v) is 14.9. The number of benzene rings is 2. The van der Waals surface area contributed by atoms with Crippen LogP contribution in [0.1, 0.15) is 34.3 Å². The molecule has 0 aliphatic heterocycles. The minimum absolute atomic E-state index is 0. The van der Waals surface area contributed by atoms with Gasteiger partial charge in [-0.25, -0.2) is 4.79 Å². The predicted octanol–water partition coefficient (Wildman–Crippen LogP) is 1.12. The van der Waals surface area contributed by atoms with Crippen molar-refractivity contribution in [2.45, 2.75) is 25.7 Å². The van der Waals surface area contributed by atoms with E-state index in [1.807, 2.05) is 12.1 Å². The molecule has 22 heavy (non-hydrogen) atoms. The molecule has 0 radical (unpaired) electrons. The molecule has 1 aliphatic rings. The molecule has 4 heteroatoms. The number of aromatic carboxylic acids is 1. The molecule has 0 fully saturated rings. The fraction of sp³-hybridized carbons (Fsp3) is 0.222. The number of carbonyl (C=O) groups is 1. The first-order chi connectivity index (χ1) is 10.2. The summed E-state index contributed by atoms with van der Waals surface area (Å²) >= 11 is 0. The first-order valence-corrected chi connectivity index (χ1v) is 7.03. The van der Waals surface area contributed by atoms with Gasteiger partial charge in [-0.1, -0.05) is 30.3 Å². The van der Waals surface area contributed by atoms with E-state index in [1.165, 1.54) is 30.4 Å². The second kappa shape index (κ2) is 9.67. The smallest absolute Gasteiger partial charge is 0.665 e. The van der Waals surface area contributed by atoms with Crippen molar-refractivity contribution in [2.75, 3.05) is 0 Å². The third-order valence-electron chi connectivity index (χ3n) is 3.53. The van der Waals surface area contributed by atoms with Gasteiger partial charge in [0.25, 0.3) is 0 Å². The third-order valence-corrected chi connectivity index (χ3v) is 3.53. The second-order valence-corrected chi connectivity index (χ2v) is 4.92. The molecular formula is C18H19NaO3. The van der Waals surface area contributed by atoms with Crippen molar-refractivity contribution in [3.63, 3.8) is 0 Å². The number of hydrogen-bond donors (Lipinski definition) is 1. The first-order valence-electron chi connectivity index (χ1n) is 7.03. The van der Waals surface area contributed by atoms with E-state index < -0.39 is 5.97 Å². The number of hydrogen-bond acceptors (Lipinski definition) is 2. The van der Waals surface area contributed by atoms with E-state index in [1.54, 1.807) is 30.3 Å². The number of carboxylic acid groups (broad SMARTS) is 1. The molecule has 1 aliphatic carbocycles. The van der Waals surface area contributed by atoms with Crippen LogP contribution < -0.4 is 34.3 Å². The average Bonchev–Trinajstić information content (AvgIpc) is 2.55. The van der Waals surface area contributed by atoms with Crippen LogP contribution >= 0.6 is 0 Å². The van der Waals surface area contributed by atoms with Gasteiger partial charge >= 0.3 is 35.5 Å². The summed E-state index contributed by atoms with van der Waals surface area (Å²) < 4.78 is 5.06. The van der Waals surface area contributed by atoms with Gasteiger partial charge in [0.1, 0.15) is 0 Å². The van der Waals surface area contributed by atoms with Gasteiger partial charge in [0, 0.05) is 0 Å². The van der Waals surface area contributed by atoms with Crippen LogP contribution in [0.4, 0.5) is 0 Å². The van der Waals surface area contributed by atoms with Crippen LogP contribution in [0.3, 0.4) is 0 Å². The maximum absolute atomic E-state index is 10.2. The van der Waals surface area contributed by atoms with Crippen molar-refractivity contribution < 1.29 is 44.2 Å². The van der Waals surface area contributed by atoms with Crippen LogP contribution in [0, 0.1) is 7.11 Å². The number of rotatable bonds is 2. The monoisotopic (exact) mass is 306 g/mol. The van der Waals surface area contributed by atoms with E-state index in [2.05, 4.69) is 13.2 Å². The van der Waals surface area contributed by atoms with Gasteiger partial charge in [-0.2, -0.15) is 7.11 Å².